The molecule has 0 aromatic rings. The number of hydrogen-bond donors (Lipinski definition) is 2. The molecule has 0 radical (unpaired) electrons. The molecule has 1 fully saturated rings. The van der Waals surface area contributed by atoms with E-state index in [1.54, 1.807) is 11.8 Å². The summed E-state index contributed by atoms with van der Waals surface area (Å²) in [6.45, 7) is 6.87. The lowest BCUT2D eigenvalue weighted by molar-refractivity contribution is -0.122. The van der Waals surface area contributed by atoms with E-state index in [4.69, 9.17) is 5.73 Å². The summed E-state index contributed by atoms with van der Waals surface area (Å²) in [4.78, 5) is 12.0. The molecule has 0 aliphatic carbocycles. The molecule has 1 amide bonds. The molecule has 4 heteroatoms. The summed E-state index contributed by atoms with van der Waals surface area (Å²) >= 11 is 1.77. The molecule has 0 spiro atoms. The first-order valence-corrected chi connectivity index (χ1v) is 7.15. The van der Waals surface area contributed by atoms with Gasteiger partial charge < -0.3 is 11.1 Å². The number of nitrogens with two attached hydrogens (primary N) is 1. The third-order valence-electron chi connectivity index (χ3n) is 2.96. The van der Waals surface area contributed by atoms with Crippen LogP contribution >= 0.6 is 11.8 Å². The second kappa shape index (κ2) is 5.92. The summed E-state index contributed by atoms with van der Waals surface area (Å²) in [6, 6.07) is 0. The van der Waals surface area contributed by atoms with Gasteiger partial charge in [-0.3, -0.25) is 4.79 Å². The van der Waals surface area contributed by atoms with Crippen LogP contribution in [-0.4, -0.2) is 29.0 Å². The molecule has 16 heavy (non-hydrogen) atoms. The summed E-state index contributed by atoms with van der Waals surface area (Å²) in [6.07, 6.45) is 3.11. The van der Waals surface area contributed by atoms with E-state index < -0.39 is 0 Å². The highest BCUT2D eigenvalue weighted by Gasteiger charge is 2.30. The number of rotatable bonds is 5. The molecule has 0 aromatic heterocycles. The predicted octanol–water partition coefficient (Wildman–Crippen LogP) is 1.76. The van der Waals surface area contributed by atoms with Crippen LogP contribution in [0.2, 0.25) is 0 Å². The van der Waals surface area contributed by atoms with E-state index in [9.17, 15) is 4.79 Å². The van der Waals surface area contributed by atoms with Crippen molar-refractivity contribution in [2.24, 2.45) is 11.7 Å². The summed E-state index contributed by atoms with van der Waals surface area (Å²) in [5.41, 5.74) is 5.54. The van der Waals surface area contributed by atoms with Crippen molar-refractivity contribution in [2.75, 3.05) is 12.3 Å². The summed E-state index contributed by atoms with van der Waals surface area (Å²) in [5.74, 6) is 1.84. The van der Waals surface area contributed by atoms with Crippen LogP contribution in [0.4, 0.5) is 0 Å². The van der Waals surface area contributed by atoms with E-state index in [1.807, 2.05) is 6.92 Å². The summed E-state index contributed by atoms with van der Waals surface area (Å²) in [7, 11) is 0. The molecule has 1 saturated heterocycles. The van der Waals surface area contributed by atoms with Gasteiger partial charge in [-0.05, 0) is 37.9 Å². The molecule has 1 aliphatic heterocycles. The fourth-order valence-corrected chi connectivity index (χ4v) is 3.41. The molecular formula is C12H24N2OS. The SMILES string of the molecule is CC(C)CC(C)(CN)NC(=O)C1CCCS1. The van der Waals surface area contributed by atoms with Gasteiger partial charge in [0.2, 0.25) is 5.91 Å². The van der Waals surface area contributed by atoms with Crippen LogP contribution in [0, 0.1) is 5.92 Å². The Morgan fingerprint density at radius 1 is 1.62 bits per heavy atom. The first-order valence-electron chi connectivity index (χ1n) is 6.10. The second-order valence-corrected chi connectivity index (χ2v) is 6.66. The molecule has 0 saturated carbocycles. The Kier molecular flexibility index (Phi) is 5.12. The van der Waals surface area contributed by atoms with Crippen LogP contribution < -0.4 is 11.1 Å². The molecular weight excluding hydrogens is 220 g/mol. The van der Waals surface area contributed by atoms with Gasteiger partial charge in [-0.2, -0.15) is 0 Å². The fourth-order valence-electron chi connectivity index (χ4n) is 2.25. The minimum atomic E-state index is -0.242. The molecule has 3 nitrogen and oxygen atoms in total. The van der Waals surface area contributed by atoms with Crippen molar-refractivity contribution in [1.82, 2.24) is 5.32 Å². The van der Waals surface area contributed by atoms with Crippen LogP contribution in [0.3, 0.4) is 0 Å². The van der Waals surface area contributed by atoms with Crippen LogP contribution in [0.1, 0.15) is 40.0 Å². The first-order chi connectivity index (χ1) is 7.47. The van der Waals surface area contributed by atoms with Gasteiger partial charge in [0.25, 0.3) is 0 Å². The van der Waals surface area contributed by atoms with Crippen molar-refractivity contribution in [3.05, 3.63) is 0 Å². The standard InChI is InChI=1S/C12H24N2OS/c1-9(2)7-12(3,8-13)14-11(15)10-5-4-6-16-10/h9-10H,4-8,13H2,1-3H3,(H,14,15). The number of carbonyl (C=O) groups is 1. The Morgan fingerprint density at radius 2 is 2.31 bits per heavy atom. The van der Waals surface area contributed by atoms with Crippen LogP contribution in [0.15, 0.2) is 0 Å². The quantitative estimate of drug-likeness (QED) is 0.775. The van der Waals surface area contributed by atoms with Crippen molar-refractivity contribution in [2.45, 2.75) is 50.8 Å². The number of carbonyl (C=O) groups excluding carboxylic acids is 1. The van der Waals surface area contributed by atoms with Gasteiger partial charge in [0.05, 0.1) is 5.25 Å². The number of thioether (sulfide) groups is 1. The van der Waals surface area contributed by atoms with E-state index in [0.717, 1.165) is 25.0 Å². The molecule has 1 rings (SSSR count). The maximum Gasteiger partial charge on any atom is 0.233 e. The highest BCUT2D eigenvalue weighted by Crippen LogP contribution is 2.27. The Bertz CT molecular complexity index is 239. The average Bonchev–Trinajstić information content (AvgIpc) is 2.69. The normalized spacial score (nSPS) is 24.4. The molecule has 2 unspecified atom stereocenters. The van der Waals surface area contributed by atoms with E-state index in [1.165, 1.54) is 0 Å². The van der Waals surface area contributed by atoms with Crippen molar-refractivity contribution < 1.29 is 4.79 Å². The Labute approximate surface area is 103 Å². The monoisotopic (exact) mass is 244 g/mol. The third-order valence-corrected chi connectivity index (χ3v) is 4.33. The molecule has 3 N–H and O–H groups in total. The highest BCUT2D eigenvalue weighted by molar-refractivity contribution is 8.00. The van der Waals surface area contributed by atoms with Gasteiger partial charge in [0, 0.05) is 12.1 Å². The summed E-state index contributed by atoms with van der Waals surface area (Å²) < 4.78 is 0. The van der Waals surface area contributed by atoms with Gasteiger partial charge in [0.15, 0.2) is 0 Å². The van der Waals surface area contributed by atoms with Gasteiger partial charge >= 0.3 is 0 Å². The van der Waals surface area contributed by atoms with Gasteiger partial charge in [-0.15, -0.1) is 11.8 Å². The molecule has 1 aliphatic rings. The van der Waals surface area contributed by atoms with E-state index in [-0.39, 0.29) is 16.7 Å². The maximum atomic E-state index is 12.0. The maximum absolute atomic E-state index is 12.0. The van der Waals surface area contributed by atoms with E-state index >= 15 is 0 Å². The smallest absolute Gasteiger partial charge is 0.233 e. The Morgan fingerprint density at radius 3 is 2.75 bits per heavy atom. The van der Waals surface area contributed by atoms with Crippen LogP contribution in [0.25, 0.3) is 0 Å². The first kappa shape index (κ1) is 13.8. The Balaban J connectivity index is 2.50. The largest absolute Gasteiger partial charge is 0.349 e. The lowest BCUT2D eigenvalue weighted by Gasteiger charge is -2.32. The Hall–Kier alpha value is -0.220. The van der Waals surface area contributed by atoms with Crippen molar-refractivity contribution in [1.29, 1.82) is 0 Å². The lowest BCUT2D eigenvalue weighted by Crippen LogP contribution is -2.54. The second-order valence-electron chi connectivity index (χ2n) is 5.35. The number of nitrogens with one attached hydrogen (secondary N) is 1. The van der Waals surface area contributed by atoms with Gasteiger partial charge in [-0.1, -0.05) is 13.8 Å². The fraction of sp³-hybridized carbons (Fsp3) is 0.917. The molecule has 94 valence electrons. The molecule has 1 heterocycles. The lowest BCUT2D eigenvalue weighted by atomic mass is 9.90. The van der Waals surface area contributed by atoms with E-state index in [0.29, 0.717) is 12.5 Å². The van der Waals surface area contributed by atoms with Crippen molar-refractivity contribution in [3.8, 4) is 0 Å². The topological polar surface area (TPSA) is 55.1 Å². The summed E-state index contributed by atoms with van der Waals surface area (Å²) in [5, 5.41) is 3.28. The minimum absolute atomic E-state index is 0.151. The molecule has 0 aromatic carbocycles. The third kappa shape index (κ3) is 3.98. The minimum Gasteiger partial charge on any atom is -0.349 e. The van der Waals surface area contributed by atoms with Crippen molar-refractivity contribution in [3.63, 3.8) is 0 Å². The van der Waals surface area contributed by atoms with Crippen molar-refractivity contribution >= 4 is 17.7 Å². The van der Waals surface area contributed by atoms with E-state index in [2.05, 4.69) is 19.2 Å². The zero-order valence-electron chi connectivity index (χ0n) is 10.6. The number of amides is 1. The van der Waals surface area contributed by atoms with Crippen LogP contribution in [-0.2, 0) is 4.79 Å². The van der Waals surface area contributed by atoms with Gasteiger partial charge in [0.1, 0.15) is 0 Å². The number of hydrogen-bond acceptors (Lipinski definition) is 3. The highest BCUT2D eigenvalue weighted by atomic mass is 32.2. The zero-order valence-corrected chi connectivity index (χ0v) is 11.4. The van der Waals surface area contributed by atoms with Gasteiger partial charge in [-0.25, -0.2) is 0 Å². The molecule has 2 atom stereocenters. The van der Waals surface area contributed by atoms with Crippen LogP contribution in [0.5, 0.6) is 0 Å². The average molecular weight is 244 g/mol. The zero-order chi connectivity index (χ0) is 12.2. The molecule has 0 bridgehead atoms. The predicted molar refractivity (Wildman–Crippen MR) is 70.5 cm³/mol.